The zero-order chi connectivity index (χ0) is 15.7. The van der Waals surface area contributed by atoms with Gasteiger partial charge < -0.3 is 10.6 Å². The lowest BCUT2D eigenvalue weighted by Gasteiger charge is -2.22. The van der Waals surface area contributed by atoms with Crippen LogP contribution in [0.4, 0.5) is 4.79 Å². The molecule has 1 aromatic rings. The SMILES string of the molecule is CCCNC(=O)NC(=O)CN[C@@H](c1ccccc1)C(C)C. The Bertz CT molecular complexity index is 446. The highest BCUT2D eigenvalue weighted by Crippen LogP contribution is 2.20. The number of hydrogen-bond donors (Lipinski definition) is 3. The van der Waals surface area contributed by atoms with Crippen molar-refractivity contribution in [3.8, 4) is 0 Å². The molecule has 0 aromatic heterocycles. The Morgan fingerprint density at radius 1 is 1.14 bits per heavy atom. The molecule has 0 bridgehead atoms. The molecule has 0 aliphatic heterocycles. The molecule has 0 aliphatic carbocycles. The third-order valence-electron chi connectivity index (χ3n) is 3.10. The van der Waals surface area contributed by atoms with Crippen molar-refractivity contribution in [2.45, 2.75) is 33.2 Å². The zero-order valence-corrected chi connectivity index (χ0v) is 13.0. The van der Waals surface area contributed by atoms with E-state index >= 15 is 0 Å². The van der Waals surface area contributed by atoms with Crippen LogP contribution in [0.15, 0.2) is 30.3 Å². The van der Waals surface area contributed by atoms with Crippen molar-refractivity contribution in [3.63, 3.8) is 0 Å². The normalized spacial score (nSPS) is 12.0. The Labute approximate surface area is 126 Å². The first-order chi connectivity index (χ1) is 10.0. The maximum absolute atomic E-state index is 11.7. The Morgan fingerprint density at radius 3 is 2.38 bits per heavy atom. The molecular formula is C16H25N3O2. The fraction of sp³-hybridized carbons (Fsp3) is 0.500. The smallest absolute Gasteiger partial charge is 0.321 e. The van der Waals surface area contributed by atoms with Gasteiger partial charge in [0, 0.05) is 12.6 Å². The molecule has 1 rings (SSSR count). The van der Waals surface area contributed by atoms with Gasteiger partial charge in [0.15, 0.2) is 0 Å². The standard InChI is InChI=1S/C16H25N3O2/c1-4-10-17-16(21)19-14(20)11-18-15(12(2)3)13-8-6-5-7-9-13/h5-9,12,15,18H,4,10-11H2,1-3H3,(H2,17,19,20,21)/t15-/m1/s1. The van der Waals surface area contributed by atoms with Gasteiger partial charge in [0.25, 0.3) is 0 Å². The topological polar surface area (TPSA) is 70.2 Å². The first-order valence-corrected chi connectivity index (χ1v) is 7.40. The van der Waals surface area contributed by atoms with Crippen molar-refractivity contribution in [2.75, 3.05) is 13.1 Å². The number of nitrogens with one attached hydrogen (secondary N) is 3. The van der Waals surface area contributed by atoms with E-state index in [1.165, 1.54) is 0 Å². The Balaban J connectivity index is 2.47. The molecule has 21 heavy (non-hydrogen) atoms. The third-order valence-corrected chi connectivity index (χ3v) is 3.10. The molecule has 0 radical (unpaired) electrons. The van der Waals surface area contributed by atoms with Crippen LogP contribution in [0.25, 0.3) is 0 Å². The molecular weight excluding hydrogens is 266 g/mol. The number of benzene rings is 1. The summed E-state index contributed by atoms with van der Waals surface area (Å²) in [7, 11) is 0. The van der Waals surface area contributed by atoms with Crippen molar-refractivity contribution < 1.29 is 9.59 Å². The molecule has 5 nitrogen and oxygen atoms in total. The first-order valence-electron chi connectivity index (χ1n) is 7.40. The van der Waals surface area contributed by atoms with Crippen molar-refractivity contribution in [2.24, 2.45) is 5.92 Å². The van der Waals surface area contributed by atoms with Crippen LogP contribution in [0.3, 0.4) is 0 Å². The fourth-order valence-electron chi connectivity index (χ4n) is 2.06. The summed E-state index contributed by atoms with van der Waals surface area (Å²) in [5.41, 5.74) is 1.13. The quantitative estimate of drug-likeness (QED) is 0.721. The lowest BCUT2D eigenvalue weighted by molar-refractivity contribution is -0.119. The van der Waals surface area contributed by atoms with Crippen LogP contribution < -0.4 is 16.0 Å². The van der Waals surface area contributed by atoms with Crippen LogP contribution >= 0.6 is 0 Å². The molecule has 0 aliphatic rings. The fourth-order valence-corrected chi connectivity index (χ4v) is 2.06. The van der Waals surface area contributed by atoms with Crippen molar-refractivity contribution >= 4 is 11.9 Å². The summed E-state index contributed by atoms with van der Waals surface area (Å²) in [6, 6.07) is 9.62. The summed E-state index contributed by atoms with van der Waals surface area (Å²) in [5, 5.41) is 8.12. The Morgan fingerprint density at radius 2 is 1.81 bits per heavy atom. The van der Waals surface area contributed by atoms with Crippen molar-refractivity contribution in [1.82, 2.24) is 16.0 Å². The van der Waals surface area contributed by atoms with Gasteiger partial charge in [-0.1, -0.05) is 51.1 Å². The second-order valence-corrected chi connectivity index (χ2v) is 5.32. The van der Waals surface area contributed by atoms with Crippen LogP contribution in [-0.4, -0.2) is 25.0 Å². The molecule has 0 fully saturated rings. The summed E-state index contributed by atoms with van der Waals surface area (Å²) >= 11 is 0. The minimum atomic E-state index is -0.440. The van der Waals surface area contributed by atoms with E-state index in [1.807, 2.05) is 37.3 Å². The van der Waals surface area contributed by atoms with E-state index in [9.17, 15) is 9.59 Å². The van der Waals surface area contributed by atoms with E-state index in [0.717, 1.165) is 12.0 Å². The third kappa shape index (κ3) is 6.40. The number of imide groups is 1. The van der Waals surface area contributed by atoms with E-state index in [4.69, 9.17) is 0 Å². The number of carbonyl (C=O) groups excluding carboxylic acids is 2. The molecule has 1 atom stereocenters. The second kappa shape index (κ2) is 9.13. The average molecular weight is 291 g/mol. The number of urea groups is 1. The maximum Gasteiger partial charge on any atom is 0.321 e. The van der Waals surface area contributed by atoms with E-state index in [0.29, 0.717) is 12.5 Å². The predicted molar refractivity (Wildman–Crippen MR) is 83.9 cm³/mol. The van der Waals surface area contributed by atoms with Gasteiger partial charge >= 0.3 is 6.03 Å². The Hall–Kier alpha value is -1.88. The summed E-state index contributed by atoms with van der Waals surface area (Å²) in [6.45, 7) is 6.81. The lowest BCUT2D eigenvalue weighted by atomic mass is 9.96. The highest BCUT2D eigenvalue weighted by atomic mass is 16.2. The van der Waals surface area contributed by atoms with E-state index in [-0.39, 0.29) is 18.5 Å². The minimum Gasteiger partial charge on any atom is -0.338 e. The largest absolute Gasteiger partial charge is 0.338 e. The van der Waals surface area contributed by atoms with Crippen LogP contribution in [0.5, 0.6) is 0 Å². The number of carbonyl (C=O) groups is 2. The molecule has 3 N–H and O–H groups in total. The summed E-state index contributed by atoms with van der Waals surface area (Å²) < 4.78 is 0. The molecule has 116 valence electrons. The molecule has 0 saturated heterocycles. The number of amides is 3. The molecule has 1 aromatic carbocycles. The molecule has 3 amide bonds. The van der Waals surface area contributed by atoms with Crippen LogP contribution in [-0.2, 0) is 4.79 Å². The van der Waals surface area contributed by atoms with Crippen LogP contribution in [0, 0.1) is 5.92 Å². The predicted octanol–water partition coefficient (Wildman–Crippen LogP) is 2.21. The van der Waals surface area contributed by atoms with Crippen LogP contribution in [0.1, 0.15) is 38.8 Å². The minimum absolute atomic E-state index is 0.0793. The van der Waals surface area contributed by atoms with Gasteiger partial charge in [-0.15, -0.1) is 0 Å². The number of rotatable bonds is 7. The zero-order valence-electron chi connectivity index (χ0n) is 13.0. The van der Waals surface area contributed by atoms with E-state index < -0.39 is 6.03 Å². The van der Waals surface area contributed by atoms with E-state index in [1.54, 1.807) is 0 Å². The lowest BCUT2D eigenvalue weighted by Crippen LogP contribution is -2.44. The summed E-state index contributed by atoms with van der Waals surface area (Å²) in [4.78, 5) is 23.1. The van der Waals surface area contributed by atoms with Crippen molar-refractivity contribution in [1.29, 1.82) is 0 Å². The molecule has 0 unspecified atom stereocenters. The van der Waals surface area contributed by atoms with Gasteiger partial charge in [0.1, 0.15) is 0 Å². The summed E-state index contributed by atoms with van der Waals surface area (Å²) in [5.74, 6) is 0.0132. The average Bonchev–Trinajstić information content (AvgIpc) is 2.46. The number of hydrogen-bond acceptors (Lipinski definition) is 3. The monoisotopic (exact) mass is 291 g/mol. The van der Waals surface area contributed by atoms with Gasteiger partial charge in [0.2, 0.25) is 5.91 Å². The highest BCUT2D eigenvalue weighted by molar-refractivity contribution is 5.95. The first kappa shape index (κ1) is 17.2. The van der Waals surface area contributed by atoms with E-state index in [2.05, 4.69) is 29.8 Å². The maximum atomic E-state index is 11.7. The van der Waals surface area contributed by atoms with Gasteiger partial charge in [-0.2, -0.15) is 0 Å². The molecule has 5 heteroatoms. The van der Waals surface area contributed by atoms with Crippen molar-refractivity contribution in [3.05, 3.63) is 35.9 Å². The van der Waals surface area contributed by atoms with Gasteiger partial charge in [-0.05, 0) is 17.9 Å². The highest BCUT2D eigenvalue weighted by Gasteiger charge is 2.16. The van der Waals surface area contributed by atoms with Gasteiger partial charge in [0.05, 0.1) is 6.54 Å². The molecule has 0 spiro atoms. The van der Waals surface area contributed by atoms with Gasteiger partial charge in [-0.25, -0.2) is 4.79 Å². The molecule has 0 saturated carbocycles. The molecule has 0 heterocycles. The Kier molecular flexibility index (Phi) is 7.46. The second-order valence-electron chi connectivity index (χ2n) is 5.32. The van der Waals surface area contributed by atoms with Crippen LogP contribution in [0.2, 0.25) is 0 Å². The summed E-state index contributed by atoms with van der Waals surface area (Å²) in [6.07, 6.45) is 0.837. The van der Waals surface area contributed by atoms with Gasteiger partial charge in [-0.3, -0.25) is 10.1 Å².